The second-order valence-corrected chi connectivity index (χ2v) is 4.66. The normalized spacial score (nSPS) is 15.2. The summed E-state index contributed by atoms with van der Waals surface area (Å²) in [4.78, 5) is 3.19. The number of hydrogen-bond donors (Lipinski definition) is 1. The highest BCUT2D eigenvalue weighted by Gasteiger charge is 2.20. The van der Waals surface area contributed by atoms with Gasteiger partial charge in [0.2, 0.25) is 0 Å². The van der Waals surface area contributed by atoms with Crippen LogP contribution in [0.2, 0.25) is 0 Å². The van der Waals surface area contributed by atoms with Crippen LogP contribution in [-0.2, 0) is 0 Å². The predicted octanol–water partition coefficient (Wildman–Crippen LogP) is 1.96. The first-order valence-corrected chi connectivity index (χ1v) is 6.12. The number of nitrogens with one attached hydrogen (secondary N) is 1. The lowest BCUT2D eigenvalue weighted by Crippen LogP contribution is -2.35. The molecule has 2 nitrogen and oxygen atoms in total. The van der Waals surface area contributed by atoms with Gasteiger partial charge >= 0.3 is 0 Å². The SMILES string of the molecule is CNCCN1CCSc2cccc(F)c21. The maximum absolute atomic E-state index is 13.7. The molecule has 1 aliphatic rings. The van der Waals surface area contributed by atoms with E-state index in [1.807, 2.05) is 13.1 Å². The molecule has 0 saturated heterocycles. The first-order valence-electron chi connectivity index (χ1n) is 5.14. The van der Waals surface area contributed by atoms with Crippen LogP contribution in [0.25, 0.3) is 0 Å². The lowest BCUT2D eigenvalue weighted by molar-refractivity contribution is 0.609. The number of nitrogens with zero attached hydrogens (tertiary/aromatic N) is 1. The van der Waals surface area contributed by atoms with Crippen LogP contribution in [0.4, 0.5) is 10.1 Å². The molecule has 0 aromatic heterocycles. The van der Waals surface area contributed by atoms with Gasteiger partial charge < -0.3 is 10.2 Å². The average Bonchev–Trinajstić information content (AvgIpc) is 2.26. The van der Waals surface area contributed by atoms with E-state index in [1.54, 1.807) is 17.8 Å². The Kier molecular flexibility index (Phi) is 3.49. The highest BCUT2D eigenvalue weighted by Crippen LogP contribution is 2.36. The molecule has 1 aromatic rings. The molecule has 4 heteroatoms. The predicted molar refractivity (Wildman–Crippen MR) is 63.3 cm³/mol. The molecule has 0 spiro atoms. The van der Waals surface area contributed by atoms with E-state index in [9.17, 15) is 4.39 Å². The Morgan fingerprint density at radius 2 is 2.40 bits per heavy atom. The Bertz CT molecular complexity index is 343. The number of likely N-dealkylation sites (N-methyl/N-ethyl adjacent to an activating group) is 1. The molecule has 1 heterocycles. The summed E-state index contributed by atoms with van der Waals surface area (Å²) >= 11 is 1.74. The second kappa shape index (κ2) is 4.86. The molecule has 82 valence electrons. The molecule has 0 unspecified atom stereocenters. The largest absolute Gasteiger partial charge is 0.366 e. The fraction of sp³-hybridized carbons (Fsp3) is 0.455. The molecule has 1 aliphatic heterocycles. The van der Waals surface area contributed by atoms with Gasteiger partial charge in [0.1, 0.15) is 5.82 Å². The van der Waals surface area contributed by atoms with Crippen LogP contribution in [0.3, 0.4) is 0 Å². The van der Waals surface area contributed by atoms with Crippen molar-refractivity contribution in [3.05, 3.63) is 24.0 Å². The molecule has 0 aliphatic carbocycles. The van der Waals surface area contributed by atoms with Crippen molar-refractivity contribution < 1.29 is 4.39 Å². The molecule has 0 bridgehead atoms. The summed E-state index contributed by atoms with van der Waals surface area (Å²) in [5.41, 5.74) is 0.781. The minimum atomic E-state index is -0.101. The van der Waals surface area contributed by atoms with Crippen LogP contribution in [0.15, 0.2) is 23.1 Å². The first kappa shape index (κ1) is 10.8. The van der Waals surface area contributed by atoms with E-state index in [0.29, 0.717) is 0 Å². The number of para-hydroxylation sites is 1. The van der Waals surface area contributed by atoms with Gasteiger partial charge in [-0.3, -0.25) is 0 Å². The quantitative estimate of drug-likeness (QED) is 0.848. The summed E-state index contributed by atoms with van der Waals surface area (Å²) in [5, 5.41) is 3.09. The zero-order chi connectivity index (χ0) is 10.7. The standard InChI is InChI=1S/C11H15FN2S/c1-13-5-6-14-7-8-15-10-4-2-3-9(12)11(10)14/h2-4,13H,5-8H2,1H3. The Hall–Kier alpha value is -0.740. The highest BCUT2D eigenvalue weighted by atomic mass is 32.2. The van der Waals surface area contributed by atoms with Crippen molar-refractivity contribution in [3.63, 3.8) is 0 Å². The summed E-state index contributed by atoms with van der Waals surface area (Å²) in [6.07, 6.45) is 0. The minimum absolute atomic E-state index is 0.101. The lowest BCUT2D eigenvalue weighted by atomic mass is 10.2. The summed E-state index contributed by atoms with van der Waals surface area (Å²) in [7, 11) is 1.92. The van der Waals surface area contributed by atoms with Gasteiger partial charge in [-0.2, -0.15) is 0 Å². The summed E-state index contributed by atoms with van der Waals surface area (Å²) in [6, 6.07) is 5.31. The second-order valence-electron chi connectivity index (χ2n) is 3.53. The number of hydrogen-bond acceptors (Lipinski definition) is 3. The van der Waals surface area contributed by atoms with Crippen LogP contribution in [-0.4, -0.2) is 32.4 Å². The van der Waals surface area contributed by atoms with Crippen molar-refractivity contribution in [1.82, 2.24) is 5.32 Å². The van der Waals surface area contributed by atoms with E-state index >= 15 is 0 Å². The molecule has 2 rings (SSSR count). The first-order chi connectivity index (χ1) is 7.33. The van der Waals surface area contributed by atoms with Crippen LogP contribution < -0.4 is 10.2 Å². The van der Waals surface area contributed by atoms with E-state index in [4.69, 9.17) is 0 Å². The fourth-order valence-electron chi connectivity index (χ4n) is 1.77. The number of anilines is 1. The van der Waals surface area contributed by atoms with Crippen molar-refractivity contribution >= 4 is 17.4 Å². The number of thioether (sulfide) groups is 1. The van der Waals surface area contributed by atoms with E-state index in [1.165, 1.54) is 6.07 Å². The Morgan fingerprint density at radius 3 is 3.20 bits per heavy atom. The van der Waals surface area contributed by atoms with Crippen LogP contribution in [0.5, 0.6) is 0 Å². The summed E-state index contributed by atoms with van der Waals surface area (Å²) in [5.74, 6) is 0.941. The van der Waals surface area contributed by atoms with Crippen LogP contribution in [0, 0.1) is 5.82 Å². The Balaban J connectivity index is 2.24. The molecule has 0 atom stereocenters. The van der Waals surface area contributed by atoms with E-state index in [2.05, 4.69) is 10.2 Å². The molecule has 0 radical (unpaired) electrons. The third-order valence-electron chi connectivity index (χ3n) is 2.52. The van der Waals surface area contributed by atoms with Gasteiger partial charge in [0, 0.05) is 30.3 Å². The molecule has 0 fully saturated rings. The maximum Gasteiger partial charge on any atom is 0.147 e. The number of rotatable bonds is 3. The van der Waals surface area contributed by atoms with E-state index < -0.39 is 0 Å². The van der Waals surface area contributed by atoms with Crippen molar-refractivity contribution in [1.29, 1.82) is 0 Å². The van der Waals surface area contributed by atoms with Crippen molar-refractivity contribution in [2.45, 2.75) is 4.90 Å². The maximum atomic E-state index is 13.7. The van der Waals surface area contributed by atoms with Gasteiger partial charge in [-0.1, -0.05) is 6.07 Å². The molecule has 15 heavy (non-hydrogen) atoms. The molecule has 1 N–H and O–H groups in total. The molecule has 1 aromatic carbocycles. The van der Waals surface area contributed by atoms with Crippen molar-refractivity contribution in [2.75, 3.05) is 37.3 Å². The smallest absolute Gasteiger partial charge is 0.147 e. The van der Waals surface area contributed by atoms with Gasteiger partial charge in [0.25, 0.3) is 0 Å². The summed E-state index contributed by atoms with van der Waals surface area (Å²) in [6.45, 7) is 2.68. The van der Waals surface area contributed by atoms with Gasteiger partial charge in [-0.05, 0) is 19.2 Å². The zero-order valence-electron chi connectivity index (χ0n) is 8.79. The zero-order valence-corrected chi connectivity index (χ0v) is 9.61. The average molecular weight is 226 g/mol. The van der Waals surface area contributed by atoms with Gasteiger partial charge in [0.05, 0.1) is 5.69 Å². The van der Waals surface area contributed by atoms with Crippen molar-refractivity contribution in [3.8, 4) is 0 Å². The highest BCUT2D eigenvalue weighted by molar-refractivity contribution is 7.99. The lowest BCUT2D eigenvalue weighted by Gasteiger charge is -2.31. The van der Waals surface area contributed by atoms with Gasteiger partial charge in [-0.15, -0.1) is 11.8 Å². The monoisotopic (exact) mass is 226 g/mol. The van der Waals surface area contributed by atoms with E-state index in [-0.39, 0.29) is 5.82 Å². The van der Waals surface area contributed by atoms with Crippen LogP contribution in [0.1, 0.15) is 0 Å². The fourth-order valence-corrected chi connectivity index (χ4v) is 2.84. The number of fused-ring (bicyclic) bond motifs is 1. The minimum Gasteiger partial charge on any atom is -0.366 e. The van der Waals surface area contributed by atoms with Crippen LogP contribution >= 0.6 is 11.8 Å². The number of halogens is 1. The van der Waals surface area contributed by atoms with Crippen molar-refractivity contribution in [2.24, 2.45) is 0 Å². The van der Waals surface area contributed by atoms with Gasteiger partial charge in [-0.25, -0.2) is 4.39 Å². The van der Waals surface area contributed by atoms with E-state index in [0.717, 1.165) is 36.0 Å². The third-order valence-corrected chi connectivity index (χ3v) is 3.54. The third kappa shape index (κ3) is 2.26. The molecule has 0 saturated carbocycles. The Labute approximate surface area is 93.8 Å². The number of benzene rings is 1. The molecule has 0 amide bonds. The summed E-state index contributed by atoms with van der Waals surface area (Å²) < 4.78 is 13.7. The Morgan fingerprint density at radius 1 is 1.53 bits per heavy atom. The van der Waals surface area contributed by atoms with Gasteiger partial charge in [0.15, 0.2) is 0 Å². The topological polar surface area (TPSA) is 15.3 Å². The molecular weight excluding hydrogens is 211 g/mol. The molecular formula is C11H15FN2S.